The monoisotopic (exact) mass is 150 g/mol. The number of allylic oxidation sites excluding steroid dienone is 4. The van der Waals surface area contributed by atoms with Gasteiger partial charge in [-0.05, 0) is 38.7 Å². The maximum absolute atomic E-state index is 2.35. The summed E-state index contributed by atoms with van der Waals surface area (Å²) in [4.78, 5) is 0. The predicted molar refractivity (Wildman–Crippen MR) is 50.6 cm³/mol. The van der Waals surface area contributed by atoms with Crippen molar-refractivity contribution in [2.45, 2.75) is 46.5 Å². The second-order valence-corrected chi connectivity index (χ2v) is 3.45. The molecule has 0 radical (unpaired) electrons. The minimum atomic E-state index is 1.20. The van der Waals surface area contributed by atoms with E-state index in [1.54, 1.807) is 11.1 Å². The van der Waals surface area contributed by atoms with Crippen molar-refractivity contribution < 1.29 is 0 Å². The fourth-order valence-corrected chi connectivity index (χ4v) is 1.65. The van der Waals surface area contributed by atoms with Crippen LogP contribution in [0.5, 0.6) is 0 Å². The molecule has 0 aromatic carbocycles. The molecule has 0 N–H and O–H groups in total. The van der Waals surface area contributed by atoms with E-state index in [1.165, 1.54) is 31.3 Å². The first-order valence-electron chi connectivity index (χ1n) is 4.61. The second kappa shape index (κ2) is 3.75. The van der Waals surface area contributed by atoms with Crippen LogP contribution in [-0.2, 0) is 0 Å². The fraction of sp³-hybridized carbons (Fsp3) is 0.636. The molecular weight excluding hydrogens is 132 g/mol. The Morgan fingerprint density at radius 2 is 2.09 bits per heavy atom. The van der Waals surface area contributed by atoms with E-state index in [1.807, 2.05) is 0 Å². The molecule has 0 bridgehead atoms. The van der Waals surface area contributed by atoms with E-state index in [4.69, 9.17) is 0 Å². The lowest BCUT2D eigenvalue weighted by atomic mass is 10.0. The maximum atomic E-state index is 2.35. The van der Waals surface area contributed by atoms with E-state index in [-0.39, 0.29) is 0 Å². The first-order chi connectivity index (χ1) is 5.25. The molecule has 0 aromatic rings. The minimum Gasteiger partial charge on any atom is -0.0772 e. The molecule has 62 valence electrons. The fourth-order valence-electron chi connectivity index (χ4n) is 1.65. The predicted octanol–water partition coefficient (Wildman–Crippen LogP) is 3.84. The highest BCUT2D eigenvalue weighted by atomic mass is 14.1. The smallest absolute Gasteiger partial charge is 0.0130 e. The normalized spacial score (nSPS) is 17.5. The van der Waals surface area contributed by atoms with Crippen molar-refractivity contribution in [3.05, 3.63) is 22.8 Å². The quantitative estimate of drug-likeness (QED) is 0.573. The van der Waals surface area contributed by atoms with E-state index in [0.717, 1.165) is 0 Å². The van der Waals surface area contributed by atoms with Gasteiger partial charge in [0.15, 0.2) is 0 Å². The van der Waals surface area contributed by atoms with Gasteiger partial charge < -0.3 is 0 Å². The summed E-state index contributed by atoms with van der Waals surface area (Å²) < 4.78 is 0. The van der Waals surface area contributed by atoms with Crippen LogP contribution in [0.15, 0.2) is 22.8 Å². The van der Waals surface area contributed by atoms with Gasteiger partial charge in [0.1, 0.15) is 0 Å². The largest absolute Gasteiger partial charge is 0.0772 e. The third kappa shape index (κ3) is 1.95. The van der Waals surface area contributed by atoms with Gasteiger partial charge in [-0.25, -0.2) is 0 Å². The number of unbranched alkanes of at least 4 members (excludes halogenated alkanes) is 1. The molecule has 0 amide bonds. The van der Waals surface area contributed by atoms with Crippen molar-refractivity contribution in [3.63, 3.8) is 0 Å². The molecule has 11 heavy (non-hydrogen) atoms. The topological polar surface area (TPSA) is 0 Å². The molecule has 1 rings (SSSR count). The van der Waals surface area contributed by atoms with E-state index in [9.17, 15) is 0 Å². The van der Waals surface area contributed by atoms with Gasteiger partial charge in [-0.1, -0.05) is 30.6 Å². The Kier molecular flexibility index (Phi) is 2.92. The Hall–Kier alpha value is -0.520. The molecule has 0 aliphatic heterocycles. The van der Waals surface area contributed by atoms with Crippen LogP contribution in [0.25, 0.3) is 0 Å². The van der Waals surface area contributed by atoms with Crippen LogP contribution in [0.4, 0.5) is 0 Å². The molecule has 0 heteroatoms. The zero-order valence-electron chi connectivity index (χ0n) is 7.91. The molecule has 0 saturated carbocycles. The highest BCUT2D eigenvalue weighted by Crippen LogP contribution is 2.29. The van der Waals surface area contributed by atoms with Gasteiger partial charge in [-0.3, -0.25) is 0 Å². The van der Waals surface area contributed by atoms with Crippen LogP contribution in [0.1, 0.15) is 46.5 Å². The van der Waals surface area contributed by atoms with Crippen molar-refractivity contribution in [2.75, 3.05) is 0 Å². The summed E-state index contributed by atoms with van der Waals surface area (Å²) in [5.74, 6) is 0. The average Bonchev–Trinajstić information content (AvgIpc) is 2.29. The van der Waals surface area contributed by atoms with E-state index < -0.39 is 0 Å². The van der Waals surface area contributed by atoms with Crippen LogP contribution in [-0.4, -0.2) is 0 Å². The average molecular weight is 150 g/mol. The van der Waals surface area contributed by atoms with Crippen LogP contribution in [0.3, 0.4) is 0 Å². The number of hydrogen-bond donors (Lipinski definition) is 0. The SMILES string of the molecule is CCCCC1=C(C)CC=C1C. The molecule has 1 aliphatic rings. The molecule has 0 saturated heterocycles. The highest BCUT2D eigenvalue weighted by Gasteiger charge is 2.09. The number of rotatable bonds is 3. The lowest BCUT2D eigenvalue weighted by molar-refractivity contribution is 0.788. The van der Waals surface area contributed by atoms with Gasteiger partial charge in [-0.15, -0.1) is 0 Å². The number of hydrogen-bond acceptors (Lipinski definition) is 0. The van der Waals surface area contributed by atoms with Gasteiger partial charge in [-0.2, -0.15) is 0 Å². The Bertz CT molecular complexity index is 194. The summed E-state index contributed by atoms with van der Waals surface area (Å²) in [6.07, 6.45) is 7.50. The molecule has 0 heterocycles. The third-order valence-electron chi connectivity index (χ3n) is 2.49. The molecule has 0 spiro atoms. The lowest BCUT2D eigenvalue weighted by Crippen LogP contribution is -1.84. The van der Waals surface area contributed by atoms with Crippen LogP contribution < -0.4 is 0 Å². The third-order valence-corrected chi connectivity index (χ3v) is 2.49. The van der Waals surface area contributed by atoms with Gasteiger partial charge in [0.25, 0.3) is 0 Å². The van der Waals surface area contributed by atoms with Gasteiger partial charge in [0.05, 0.1) is 0 Å². The molecule has 1 aliphatic carbocycles. The van der Waals surface area contributed by atoms with E-state index >= 15 is 0 Å². The summed E-state index contributed by atoms with van der Waals surface area (Å²) in [6, 6.07) is 0. The molecule has 0 unspecified atom stereocenters. The maximum Gasteiger partial charge on any atom is -0.0130 e. The molecule has 0 atom stereocenters. The zero-order chi connectivity index (χ0) is 8.27. The minimum absolute atomic E-state index is 1.20. The lowest BCUT2D eigenvalue weighted by Gasteiger charge is -2.04. The van der Waals surface area contributed by atoms with Crippen LogP contribution in [0, 0.1) is 0 Å². The Balaban J connectivity index is 2.54. The summed E-state index contributed by atoms with van der Waals surface area (Å²) in [5, 5.41) is 0. The van der Waals surface area contributed by atoms with Gasteiger partial charge in [0, 0.05) is 0 Å². The standard InChI is InChI=1S/C11H18/c1-4-5-6-11-9(2)7-8-10(11)3/h7H,4-6,8H2,1-3H3. The summed E-state index contributed by atoms with van der Waals surface area (Å²) >= 11 is 0. The first-order valence-corrected chi connectivity index (χ1v) is 4.61. The van der Waals surface area contributed by atoms with E-state index in [2.05, 4.69) is 26.8 Å². The first kappa shape index (κ1) is 8.58. The van der Waals surface area contributed by atoms with Crippen molar-refractivity contribution in [2.24, 2.45) is 0 Å². The van der Waals surface area contributed by atoms with Crippen molar-refractivity contribution in [3.8, 4) is 0 Å². The second-order valence-electron chi connectivity index (χ2n) is 3.45. The van der Waals surface area contributed by atoms with Gasteiger partial charge >= 0.3 is 0 Å². The highest BCUT2D eigenvalue weighted by molar-refractivity contribution is 5.40. The molecule has 0 aromatic heterocycles. The molecule has 0 fully saturated rings. The Morgan fingerprint density at radius 1 is 1.36 bits per heavy atom. The van der Waals surface area contributed by atoms with Gasteiger partial charge in [0.2, 0.25) is 0 Å². The van der Waals surface area contributed by atoms with Crippen molar-refractivity contribution in [1.29, 1.82) is 0 Å². The van der Waals surface area contributed by atoms with E-state index in [0.29, 0.717) is 0 Å². The molecular formula is C11H18. The zero-order valence-corrected chi connectivity index (χ0v) is 7.91. The van der Waals surface area contributed by atoms with Crippen molar-refractivity contribution >= 4 is 0 Å². The van der Waals surface area contributed by atoms with Crippen molar-refractivity contribution in [1.82, 2.24) is 0 Å². The Morgan fingerprint density at radius 3 is 2.55 bits per heavy atom. The molecule has 0 nitrogen and oxygen atoms in total. The Labute approximate surface area is 70.0 Å². The summed E-state index contributed by atoms with van der Waals surface area (Å²) in [7, 11) is 0. The van der Waals surface area contributed by atoms with Crippen LogP contribution >= 0.6 is 0 Å². The summed E-state index contributed by atoms with van der Waals surface area (Å²) in [5.41, 5.74) is 4.75. The summed E-state index contributed by atoms with van der Waals surface area (Å²) in [6.45, 7) is 6.75. The van der Waals surface area contributed by atoms with Crippen LogP contribution in [0.2, 0.25) is 0 Å².